The van der Waals surface area contributed by atoms with E-state index in [-0.39, 0.29) is 18.4 Å². The van der Waals surface area contributed by atoms with Gasteiger partial charge in [-0.2, -0.15) is 5.06 Å². The molecule has 1 atom stereocenters. The number of hydroxylamine groups is 2. The molecule has 10 heteroatoms. The van der Waals surface area contributed by atoms with Crippen LogP contribution in [0.3, 0.4) is 0 Å². The van der Waals surface area contributed by atoms with Crippen molar-refractivity contribution in [3.05, 3.63) is 47.1 Å². The smallest absolute Gasteiger partial charge is 0.282 e. The highest BCUT2D eigenvalue weighted by Gasteiger charge is 2.42. The van der Waals surface area contributed by atoms with Crippen molar-refractivity contribution in [3.63, 3.8) is 0 Å². The average molecular weight is 377 g/mol. The zero-order valence-electron chi connectivity index (χ0n) is 13.8. The van der Waals surface area contributed by atoms with E-state index in [2.05, 4.69) is 20.3 Å². The normalized spacial score (nSPS) is 20.4. The second-order valence-corrected chi connectivity index (χ2v) is 6.18. The number of pyridine rings is 1. The fourth-order valence-corrected chi connectivity index (χ4v) is 2.98. The maximum absolute atomic E-state index is 12.8. The lowest BCUT2D eigenvalue weighted by atomic mass is 10.3. The lowest BCUT2D eigenvalue weighted by molar-refractivity contribution is -0.238. The van der Waals surface area contributed by atoms with E-state index in [1.54, 1.807) is 12.1 Å². The number of anilines is 1. The van der Waals surface area contributed by atoms with Gasteiger partial charge < -0.3 is 10.1 Å². The lowest BCUT2D eigenvalue weighted by Crippen LogP contribution is -2.43. The van der Waals surface area contributed by atoms with Crippen molar-refractivity contribution in [2.45, 2.75) is 6.23 Å². The summed E-state index contributed by atoms with van der Waals surface area (Å²) in [6.45, 7) is 3.24. The van der Waals surface area contributed by atoms with Crippen LogP contribution in [-0.4, -0.2) is 58.9 Å². The maximum Gasteiger partial charge on any atom is 0.282 e. The van der Waals surface area contributed by atoms with Crippen molar-refractivity contribution in [2.24, 2.45) is 0 Å². The number of fused-ring (bicyclic) bond motifs is 1. The minimum Gasteiger partial charge on any atom is -0.324 e. The molecule has 4 heterocycles. The Balaban J connectivity index is 1.53. The first-order chi connectivity index (χ1) is 12.7. The summed E-state index contributed by atoms with van der Waals surface area (Å²) in [7, 11) is 0. The predicted octanol–water partition coefficient (Wildman–Crippen LogP) is 0.995. The Morgan fingerprint density at radius 3 is 2.77 bits per heavy atom. The van der Waals surface area contributed by atoms with Gasteiger partial charge >= 0.3 is 0 Å². The van der Waals surface area contributed by atoms with Crippen molar-refractivity contribution in [1.29, 1.82) is 0 Å². The van der Waals surface area contributed by atoms with Crippen molar-refractivity contribution < 1.29 is 14.4 Å². The molecule has 0 spiro atoms. The first-order valence-electron chi connectivity index (χ1n) is 8.20. The number of carbonyl (C=O) groups excluding carboxylic acids is 1. The Bertz CT molecular complexity index is 784. The fraction of sp³-hybridized carbons (Fsp3) is 0.375. The molecule has 4 rings (SSSR count). The third-order valence-electron chi connectivity index (χ3n) is 4.11. The van der Waals surface area contributed by atoms with E-state index in [0.29, 0.717) is 16.5 Å². The quantitative estimate of drug-likeness (QED) is 0.772. The first kappa shape index (κ1) is 17.3. The number of nitrogens with zero attached hydrogens (tertiary/aromatic N) is 5. The highest BCUT2D eigenvalue weighted by atomic mass is 35.5. The standard InChI is InChI=1S/C16H17ClN6O3/c17-11-1-2-12(21-9-11)23-15(24)13-14(20-4-3-19-13)16(23)25-10-26-22-7-5-18-6-8-22/h1-4,9,16,18H,5-8,10H2. The van der Waals surface area contributed by atoms with E-state index < -0.39 is 6.23 Å². The highest BCUT2D eigenvalue weighted by molar-refractivity contribution is 6.30. The van der Waals surface area contributed by atoms with Gasteiger partial charge in [0.15, 0.2) is 18.7 Å². The Morgan fingerprint density at radius 2 is 2.00 bits per heavy atom. The molecule has 0 saturated carbocycles. The number of carbonyl (C=O) groups is 1. The molecule has 1 N–H and O–H groups in total. The largest absolute Gasteiger partial charge is 0.324 e. The van der Waals surface area contributed by atoms with Crippen LogP contribution in [0.2, 0.25) is 5.02 Å². The zero-order valence-corrected chi connectivity index (χ0v) is 14.6. The van der Waals surface area contributed by atoms with Crippen LogP contribution in [0.4, 0.5) is 5.82 Å². The van der Waals surface area contributed by atoms with Gasteiger partial charge in [0, 0.05) is 44.8 Å². The number of nitrogens with one attached hydrogen (secondary N) is 1. The van der Waals surface area contributed by atoms with Crippen LogP contribution in [0.25, 0.3) is 0 Å². The summed E-state index contributed by atoms with van der Waals surface area (Å²) < 4.78 is 5.85. The van der Waals surface area contributed by atoms with Crippen molar-refractivity contribution in [1.82, 2.24) is 25.3 Å². The number of ether oxygens (including phenoxy) is 1. The minimum absolute atomic E-state index is 0.0158. The van der Waals surface area contributed by atoms with Gasteiger partial charge in [0.2, 0.25) is 0 Å². The van der Waals surface area contributed by atoms with Crippen LogP contribution in [-0.2, 0) is 9.57 Å². The molecule has 2 aliphatic heterocycles. The summed E-state index contributed by atoms with van der Waals surface area (Å²) in [6.07, 6.45) is 3.72. The molecule has 136 valence electrons. The summed E-state index contributed by atoms with van der Waals surface area (Å²) in [5, 5.41) is 5.55. The van der Waals surface area contributed by atoms with E-state index in [1.807, 2.05) is 5.06 Å². The van der Waals surface area contributed by atoms with Gasteiger partial charge in [0.1, 0.15) is 11.5 Å². The van der Waals surface area contributed by atoms with Crippen LogP contribution >= 0.6 is 11.6 Å². The summed E-state index contributed by atoms with van der Waals surface area (Å²) >= 11 is 5.90. The third kappa shape index (κ3) is 3.39. The van der Waals surface area contributed by atoms with Gasteiger partial charge in [0.25, 0.3) is 5.91 Å². The first-order valence-corrected chi connectivity index (χ1v) is 8.58. The Labute approximate surface area is 154 Å². The number of hydrogen-bond donors (Lipinski definition) is 1. The van der Waals surface area contributed by atoms with E-state index in [0.717, 1.165) is 26.2 Å². The molecule has 0 aliphatic carbocycles. The van der Waals surface area contributed by atoms with Gasteiger partial charge in [-0.3, -0.25) is 19.5 Å². The number of halogens is 1. The zero-order chi connectivity index (χ0) is 17.9. The van der Waals surface area contributed by atoms with E-state index in [1.165, 1.54) is 23.5 Å². The van der Waals surface area contributed by atoms with Crippen molar-refractivity contribution in [2.75, 3.05) is 37.9 Å². The molecule has 0 bridgehead atoms. The highest BCUT2D eigenvalue weighted by Crippen LogP contribution is 2.35. The van der Waals surface area contributed by atoms with Gasteiger partial charge in [0.05, 0.1) is 5.02 Å². The van der Waals surface area contributed by atoms with E-state index in [4.69, 9.17) is 21.2 Å². The summed E-state index contributed by atoms with van der Waals surface area (Å²) in [6, 6.07) is 3.31. The molecule has 0 radical (unpaired) electrons. The Hall–Kier alpha value is -2.17. The number of piperazine rings is 1. The fourth-order valence-electron chi connectivity index (χ4n) is 2.87. The van der Waals surface area contributed by atoms with Gasteiger partial charge in [-0.05, 0) is 12.1 Å². The second-order valence-electron chi connectivity index (χ2n) is 5.74. The molecular weight excluding hydrogens is 360 g/mol. The molecule has 1 fully saturated rings. The van der Waals surface area contributed by atoms with Gasteiger partial charge in [-0.1, -0.05) is 11.6 Å². The molecular formula is C16H17ClN6O3. The molecule has 1 amide bonds. The van der Waals surface area contributed by atoms with E-state index >= 15 is 0 Å². The third-order valence-corrected chi connectivity index (χ3v) is 4.34. The predicted molar refractivity (Wildman–Crippen MR) is 92.3 cm³/mol. The molecule has 2 aliphatic rings. The van der Waals surface area contributed by atoms with Crippen LogP contribution in [0, 0.1) is 0 Å². The minimum atomic E-state index is -0.761. The molecule has 9 nitrogen and oxygen atoms in total. The molecule has 2 aromatic heterocycles. The van der Waals surface area contributed by atoms with Gasteiger partial charge in [-0.25, -0.2) is 9.97 Å². The van der Waals surface area contributed by atoms with E-state index in [9.17, 15) is 4.79 Å². The van der Waals surface area contributed by atoms with Crippen molar-refractivity contribution >= 4 is 23.3 Å². The maximum atomic E-state index is 12.8. The van der Waals surface area contributed by atoms with Crippen molar-refractivity contribution in [3.8, 4) is 0 Å². The Kier molecular flexibility index (Phi) is 5.05. The SMILES string of the molecule is O=C1c2nccnc2C(OCON2CCNCC2)N1c1ccc(Cl)cn1. The number of aromatic nitrogens is 3. The summed E-state index contributed by atoms with van der Waals surface area (Å²) in [4.78, 5) is 32.4. The van der Waals surface area contributed by atoms with Crippen LogP contribution in [0.15, 0.2) is 30.7 Å². The second kappa shape index (κ2) is 7.60. The van der Waals surface area contributed by atoms with Gasteiger partial charge in [-0.15, -0.1) is 0 Å². The lowest BCUT2D eigenvalue weighted by Gasteiger charge is -2.28. The monoisotopic (exact) mass is 376 g/mol. The topological polar surface area (TPSA) is 92.7 Å². The summed E-state index contributed by atoms with van der Waals surface area (Å²) in [5.41, 5.74) is 0.689. The number of amides is 1. The average Bonchev–Trinajstić information content (AvgIpc) is 2.96. The van der Waals surface area contributed by atoms with Crippen LogP contribution in [0.1, 0.15) is 22.4 Å². The molecule has 2 aromatic rings. The number of rotatable bonds is 5. The molecule has 1 unspecified atom stereocenters. The molecule has 26 heavy (non-hydrogen) atoms. The molecule has 1 saturated heterocycles. The number of hydrogen-bond acceptors (Lipinski definition) is 8. The van der Waals surface area contributed by atoms with Crippen LogP contribution in [0.5, 0.6) is 0 Å². The Morgan fingerprint density at radius 1 is 1.19 bits per heavy atom. The van der Waals surface area contributed by atoms with Crippen LogP contribution < -0.4 is 10.2 Å². The summed E-state index contributed by atoms with van der Waals surface area (Å²) in [5.74, 6) is 0.0847. The molecule has 0 aromatic carbocycles.